The Kier molecular flexibility index (Phi) is 7.60. The quantitative estimate of drug-likeness (QED) is 0.790. The molecule has 0 spiro atoms. The van der Waals surface area contributed by atoms with Crippen LogP contribution in [0.15, 0.2) is 24.3 Å². The molecule has 5 nitrogen and oxygen atoms in total. The first-order valence-electron chi connectivity index (χ1n) is 7.75. The van der Waals surface area contributed by atoms with Crippen molar-refractivity contribution in [1.29, 1.82) is 0 Å². The molecule has 0 aliphatic rings. The van der Waals surface area contributed by atoms with Gasteiger partial charge in [0.1, 0.15) is 0 Å². The van der Waals surface area contributed by atoms with Crippen molar-refractivity contribution in [2.45, 2.75) is 27.3 Å². The third-order valence-corrected chi connectivity index (χ3v) is 3.67. The molecule has 1 aromatic carbocycles. The van der Waals surface area contributed by atoms with Gasteiger partial charge in [-0.3, -0.25) is 14.5 Å². The smallest absolute Gasteiger partial charge is 0.236 e. The Morgan fingerprint density at radius 1 is 1.09 bits per heavy atom. The van der Waals surface area contributed by atoms with Gasteiger partial charge in [-0.25, -0.2) is 0 Å². The standard InChI is InChI=1S/C17H27N3O2/c1-5-20(6-2)17(22)13-19(4)12-16(21)18-11-15-10-8-7-9-14(15)3/h7-10H,5-6,11-13H2,1-4H3,(H,18,21). The zero-order valence-electron chi connectivity index (χ0n) is 14.1. The lowest BCUT2D eigenvalue weighted by Crippen LogP contribution is -2.42. The molecule has 0 aliphatic heterocycles. The summed E-state index contributed by atoms with van der Waals surface area (Å²) in [5.74, 6) is -0.0164. The van der Waals surface area contributed by atoms with Crippen molar-refractivity contribution in [2.75, 3.05) is 33.2 Å². The molecule has 0 fully saturated rings. The number of rotatable bonds is 8. The Morgan fingerprint density at radius 2 is 1.73 bits per heavy atom. The maximum atomic E-state index is 12.0. The molecule has 1 N–H and O–H groups in total. The Hall–Kier alpha value is -1.88. The maximum absolute atomic E-state index is 12.0. The number of benzene rings is 1. The molecule has 0 unspecified atom stereocenters. The number of nitrogens with one attached hydrogen (secondary N) is 1. The van der Waals surface area contributed by atoms with Gasteiger partial charge >= 0.3 is 0 Å². The van der Waals surface area contributed by atoms with Gasteiger partial charge in [0.2, 0.25) is 11.8 Å². The van der Waals surface area contributed by atoms with Gasteiger partial charge in [-0.1, -0.05) is 24.3 Å². The topological polar surface area (TPSA) is 52.7 Å². The SMILES string of the molecule is CCN(CC)C(=O)CN(C)CC(=O)NCc1ccccc1C. The number of aryl methyl sites for hydroxylation is 1. The summed E-state index contributed by atoms with van der Waals surface area (Å²) in [5.41, 5.74) is 2.27. The van der Waals surface area contributed by atoms with Crippen molar-refractivity contribution in [3.8, 4) is 0 Å². The van der Waals surface area contributed by atoms with E-state index in [2.05, 4.69) is 5.32 Å². The minimum Gasteiger partial charge on any atom is -0.351 e. The van der Waals surface area contributed by atoms with Gasteiger partial charge in [-0.2, -0.15) is 0 Å². The Bertz CT molecular complexity index is 498. The third-order valence-electron chi connectivity index (χ3n) is 3.67. The van der Waals surface area contributed by atoms with Crippen molar-refractivity contribution in [1.82, 2.24) is 15.1 Å². The Balaban J connectivity index is 2.38. The monoisotopic (exact) mass is 305 g/mol. The van der Waals surface area contributed by atoms with Crippen molar-refractivity contribution >= 4 is 11.8 Å². The average molecular weight is 305 g/mol. The molecule has 0 atom stereocenters. The fourth-order valence-corrected chi connectivity index (χ4v) is 2.27. The zero-order valence-corrected chi connectivity index (χ0v) is 14.1. The number of hydrogen-bond donors (Lipinski definition) is 1. The molecule has 1 aromatic rings. The van der Waals surface area contributed by atoms with Crippen molar-refractivity contribution in [3.63, 3.8) is 0 Å². The molecule has 0 heterocycles. The summed E-state index contributed by atoms with van der Waals surface area (Å²) in [6, 6.07) is 7.97. The molecule has 0 radical (unpaired) electrons. The van der Waals surface area contributed by atoms with Crippen molar-refractivity contribution in [2.24, 2.45) is 0 Å². The van der Waals surface area contributed by atoms with Gasteiger partial charge in [-0.15, -0.1) is 0 Å². The van der Waals surface area contributed by atoms with Crippen LogP contribution in [0.4, 0.5) is 0 Å². The predicted molar refractivity (Wildman–Crippen MR) is 88.5 cm³/mol. The second kappa shape index (κ2) is 9.20. The fourth-order valence-electron chi connectivity index (χ4n) is 2.27. The lowest BCUT2D eigenvalue weighted by molar-refractivity contribution is -0.132. The van der Waals surface area contributed by atoms with Gasteiger partial charge in [0, 0.05) is 19.6 Å². The molecule has 0 saturated heterocycles. The summed E-state index contributed by atoms with van der Waals surface area (Å²) < 4.78 is 0. The van der Waals surface area contributed by atoms with Gasteiger partial charge in [0.15, 0.2) is 0 Å². The highest BCUT2D eigenvalue weighted by Gasteiger charge is 2.14. The van der Waals surface area contributed by atoms with E-state index in [-0.39, 0.29) is 24.9 Å². The number of hydrogen-bond acceptors (Lipinski definition) is 3. The first kappa shape index (κ1) is 18.2. The lowest BCUT2D eigenvalue weighted by atomic mass is 10.1. The maximum Gasteiger partial charge on any atom is 0.236 e. The fraction of sp³-hybridized carbons (Fsp3) is 0.529. The van der Waals surface area contributed by atoms with E-state index in [0.717, 1.165) is 11.1 Å². The van der Waals surface area contributed by atoms with E-state index >= 15 is 0 Å². The minimum atomic E-state index is -0.0712. The van der Waals surface area contributed by atoms with Crippen LogP contribution >= 0.6 is 0 Å². The summed E-state index contributed by atoms with van der Waals surface area (Å²) in [7, 11) is 1.79. The van der Waals surface area contributed by atoms with E-state index in [9.17, 15) is 9.59 Å². The molecule has 122 valence electrons. The van der Waals surface area contributed by atoms with Crippen LogP contribution in [0.3, 0.4) is 0 Å². The normalized spacial score (nSPS) is 10.6. The molecule has 0 bridgehead atoms. The number of carbonyl (C=O) groups is 2. The Morgan fingerprint density at radius 3 is 2.32 bits per heavy atom. The number of nitrogens with zero attached hydrogens (tertiary/aromatic N) is 2. The molecular weight excluding hydrogens is 278 g/mol. The van der Waals surface area contributed by atoms with E-state index in [1.807, 2.05) is 45.0 Å². The molecule has 22 heavy (non-hydrogen) atoms. The number of likely N-dealkylation sites (N-methyl/N-ethyl adjacent to an activating group) is 2. The second-order valence-electron chi connectivity index (χ2n) is 5.44. The van der Waals surface area contributed by atoms with Gasteiger partial charge in [0.05, 0.1) is 13.1 Å². The molecule has 5 heteroatoms. The first-order chi connectivity index (χ1) is 10.5. The largest absolute Gasteiger partial charge is 0.351 e. The van der Waals surface area contributed by atoms with E-state index in [0.29, 0.717) is 19.6 Å². The summed E-state index contributed by atoms with van der Waals surface area (Å²) in [6.07, 6.45) is 0. The highest BCUT2D eigenvalue weighted by molar-refractivity contribution is 5.81. The molecule has 0 aromatic heterocycles. The van der Waals surface area contributed by atoms with Crippen LogP contribution in [0, 0.1) is 6.92 Å². The lowest BCUT2D eigenvalue weighted by Gasteiger charge is -2.22. The summed E-state index contributed by atoms with van der Waals surface area (Å²) in [5, 5.41) is 2.90. The summed E-state index contributed by atoms with van der Waals surface area (Å²) in [4.78, 5) is 27.4. The minimum absolute atomic E-state index is 0.0548. The zero-order chi connectivity index (χ0) is 16.5. The van der Waals surface area contributed by atoms with E-state index in [4.69, 9.17) is 0 Å². The molecule has 0 aliphatic carbocycles. The molecular formula is C17H27N3O2. The van der Waals surface area contributed by atoms with Crippen LogP contribution in [0.1, 0.15) is 25.0 Å². The van der Waals surface area contributed by atoms with Crippen LogP contribution in [-0.2, 0) is 16.1 Å². The van der Waals surface area contributed by atoms with Crippen LogP contribution in [-0.4, -0.2) is 54.8 Å². The predicted octanol–water partition coefficient (Wildman–Crippen LogP) is 1.41. The van der Waals surface area contributed by atoms with Crippen LogP contribution in [0.25, 0.3) is 0 Å². The van der Waals surface area contributed by atoms with Crippen LogP contribution < -0.4 is 5.32 Å². The summed E-state index contributed by atoms with van der Waals surface area (Å²) in [6.45, 7) is 8.33. The molecule has 2 amide bonds. The van der Waals surface area contributed by atoms with E-state index < -0.39 is 0 Å². The van der Waals surface area contributed by atoms with Crippen molar-refractivity contribution < 1.29 is 9.59 Å². The second-order valence-corrected chi connectivity index (χ2v) is 5.44. The van der Waals surface area contributed by atoms with Crippen LogP contribution in [0.5, 0.6) is 0 Å². The van der Waals surface area contributed by atoms with E-state index in [1.165, 1.54) is 0 Å². The average Bonchev–Trinajstić information content (AvgIpc) is 2.47. The van der Waals surface area contributed by atoms with Gasteiger partial charge in [-0.05, 0) is 38.9 Å². The number of amides is 2. The van der Waals surface area contributed by atoms with Gasteiger partial charge < -0.3 is 10.2 Å². The highest BCUT2D eigenvalue weighted by Crippen LogP contribution is 2.05. The third kappa shape index (κ3) is 5.85. The Labute approximate surface area is 133 Å². The summed E-state index contributed by atoms with van der Waals surface area (Å²) >= 11 is 0. The highest BCUT2D eigenvalue weighted by atomic mass is 16.2. The number of carbonyl (C=O) groups excluding carboxylic acids is 2. The molecule has 0 saturated carbocycles. The van der Waals surface area contributed by atoms with E-state index in [1.54, 1.807) is 16.8 Å². The van der Waals surface area contributed by atoms with Gasteiger partial charge in [0.25, 0.3) is 0 Å². The molecule has 1 rings (SSSR count). The van der Waals surface area contributed by atoms with Crippen molar-refractivity contribution in [3.05, 3.63) is 35.4 Å². The first-order valence-corrected chi connectivity index (χ1v) is 7.75. The van der Waals surface area contributed by atoms with Crippen LogP contribution in [0.2, 0.25) is 0 Å².